The number of hydrogen-bond donors (Lipinski definition) is 2. The monoisotopic (exact) mass is 1200 g/mol. The van der Waals surface area contributed by atoms with Gasteiger partial charge >= 0.3 is 6.09 Å². The van der Waals surface area contributed by atoms with Gasteiger partial charge in [0.1, 0.15) is 36.3 Å². The lowest BCUT2D eigenvalue weighted by Crippen LogP contribution is -2.55. The van der Waals surface area contributed by atoms with Gasteiger partial charge in [-0.05, 0) is 60.4 Å². The van der Waals surface area contributed by atoms with Crippen LogP contribution in [0.5, 0.6) is 11.5 Å². The topological polar surface area (TPSA) is 248 Å². The summed E-state index contributed by atoms with van der Waals surface area (Å²) in [5.74, 6) is -4.99. The number of alkyl carbamates (subject to hydrolysis) is 1. The van der Waals surface area contributed by atoms with E-state index in [0.717, 1.165) is 60.1 Å². The van der Waals surface area contributed by atoms with Gasteiger partial charge in [0.15, 0.2) is 5.69 Å². The SMILES string of the molecule is COc1cc2c(cc1-c1cncc(NC(=O)CN(C)C(=O)CN(C)C(=O)CN(C)C(=O)CN(C)C(=O)CN(C)C(=O)CCNC(=O)OCC3c4ccccc4-c4ccccc43)c1)-c1c(c(C(=O)N3CCOCC3(C)C)nn1-c1cc(F)cc(F)c1)CO2. The molecule has 23 nitrogen and oxygen atoms in total. The zero-order valence-corrected chi connectivity index (χ0v) is 49.5. The number of ether oxygens (including phenoxy) is 4. The quantitative estimate of drug-likeness (QED) is 0.0999. The predicted molar refractivity (Wildman–Crippen MR) is 313 cm³/mol. The van der Waals surface area contributed by atoms with Gasteiger partial charge in [0.25, 0.3) is 5.91 Å². The number of aromatic nitrogens is 3. The van der Waals surface area contributed by atoms with E-state index >= 15 is 0 Å². The van der Waals surface area contributed by atoms with Crippen LogP contribution in [0.15, 0.2) is 97.3 Å². The summed E-state index contributed by atoms with van der Waals surface area (Å²) in [6, 6.07) is 23.8. The van der Waals surface area contributed by atoms with Gasteiger partial charge in [-0.15, -0.1) is 0 Å². The van der Waals surface area contributed by atoms with Crippen LogP contribution in [0.1, 0.15) is 53.4 Å². The third kappa shape index (κ3) is 13.8. The lowest BCUT2D eigenvalue weighted by Gasteiger charge is -2.41. The van der Waals surface area contributed by atoms with E-state index in [0.29, 0.717) is 46.1 Å². The Hall–Kier alpha value is -9.78. The van der Waals surface area contributed by atoms with Crippen molar-refractivity contribution in [2.75, 3.05) is 113 Å². The second-order valence-corrected chi connectivity index (χ2v) is 22.1. The first kappa shape index (κ1) is 61.8. The number of morpholine rings is 1. The minimum atomic E-state index is -0.856. The maximum Gasteiger partial charge on any atom is 0.407 e. The number of nitrogens with one attached hydrogen (secondary N) is 2. The molecule has 6 aromatic rings. The Morgan fingerprint density at radius 3 is 1.86 bits per heavy atom. The molecule has 1 aliphatic carbocycles. The van der Waals surface area contributed by atoms with E-state index < -0.39 is 90.8 Å². The number of hydrogen-bond acceptors (Lipinski definition) is 14. The van der Waals surface area contributed by atoms with E-state index in [2.05, 4.69) is 20.7 Å². The molecule has 25 heteroatoms. The molecule has 0 spiro atoms. The Morgan fingerprint density at radius 1 is 0.701 bits per heavy atom. The van der Waals surface area contributed by atoms with E-state index in [1.54, 1.807) is 23.1 Å². The standard InChI is InChI=1S/C62H67F2N11O12/c1-62(2)36-85-20-19-74(62)60(82)58-49-35-86-51-26-50(84-8)46(25-47(51)59(49)75(68-58)41-23-38(63)22-39(64)24-41)37-21-40(28-65-27-37)67-52(76)29-69(3)54(78)31-71(5)56(80)33-73(7)57(81)32-72(6)55(79)30-70(4)53(77)17-18-66-61(83)87-34-48-44-15-11-9-13-42(44)43-14-10-12-16-45(43)48/h9-16,21-28,48H,17-20,29-36H2,1-8H3,(H,66,83)(H,67,76). The van der Waals surface area contributed by atoms with Gasteiger partial charge in [0.2, 0.25) is 35.4 Å². The first-order valence-electron chi connectivity index (χ1n) is 27.9. The normalized spacial score (nSPS) is 13.6. The number of amides is 8. The number of pyridine rings is 1. The van der Waals surface area contributed by atoms with Crippen LogP contribution in [0.3, 0.4) is 0 Å². The third-order valence-corrected chi connectivity index (χ3v) is 15.4. The van der Waals surface area contributed by atoms with Crippen LogP contribution < -0.4 is 20.1 Å². The van der Waals surface area contributed by atoms with Gasteiger partial charge < -0.3 is 59.0 Å². The highest BCUT2D eigenvalue weighted by Crippen LogP contribution is 2.47. The molecule has 0 radical (unpaired) electrons. The number of nitrogens with zero attached hydrogens (tertiary/aromatic N) is 9. The molecular weight excluding hydrogens is 1130 g/mol. The van der Waals surface area contributed by atoms with Crippen LogP contribution in [-0.4, -0.2) is 205 Å². The molecule has 4 heterocycles. The molecule has 456 valence electrons. The molecule has 0 atom stereocenters. The van der Waals surface area contributed by atoms with Crippen molar-refractivity contribution in [2.24, 2.45) is 0 Å². The van der Waals surface area contributed by atoms with Crippen LogP contribution in [0, 0.1) is 11.6 Å². The van der Waals surface area contributed by atoms with Gasteiger partial charge in [-0.25, -0.2) is 18.3 Å². The van der Waals surface area contributed by atoms with E-state index in [1.165, 1.54) is 64.3 Å². The summed E-state index contributed by atoms with van der Waals surface area (Å²) < 4.78 is 54.2. The van der Waals surface area contributed by atoms with Gasteiger partial charge in [0.05, 0.1) is 81.9 Å². The molecule has 9 rings (SSSR count). The average Bonchev–Trinajstić information content (AvgIpc) is 1.80. The molecule has 0 saturated carbocycles. The van der Waals surface area contributed by atoms with Crippen molar-refractivity contribution in [3.05, 3.63) is 131 Å². The minimum absolute atomic E-state index is 0.0219. The Balaban J connectivity index is 0.742. The van der Waals surface area contributed by atoms with E-state index in [1.807, 2.05) is 62.4 Å². The van der Waals surface area contributed by atoms with Crippen LogP contribution in [0.4, 0.5) is 19.3 Å². The maximum atomic E-state index is 14.8. The van der Waals surface area contributed by atoms with Gasteiger partial charge in [-0.3, -0.25) is 38.5 Å². The van der Waals surface area contributed by atoms with Crippen molar-refractivity contribution in [3.63, 3.8) is 0 Å². The number of halogens is 2. The van der Waals surface area contributed by atoms with Gasteiger partial charge in [-0.1, -0.05) is 48.5 Å². The summed E-state index contributed by atoms with van der Waals surface area (Å²) in [7, 11) is 8.35. The predicted octanol–water partition coefficient (Wildman–Crippen LogP) is 5.19. The summed E-state index contributed by atoms with van der Waals surface area (Å²) in [5, 5.41) is 10.0. The fourth-order valence-electron chi connectivity index (χ4n) is 10.6. The maximum absolute atomic E-state index is 14.8. The number of carbonyl (C=O) groups is 8. The summed E-state index contributed by atoms with van der Waals surface area (Å²) in [5.41, 5.74) is 5.98. The second-order valence-electron chi connectivity index (χ2n) is 22.1. The summed E-state index contributed by atoms with van der Waals surface area (Å²) in [4.78, 5) is 118. The fraction of sp³-hybridized carbons (Fsp3) is 0.355. The highest BCUT2D eigenvalue weighted by Gasteiger charge is 2.40. The number of rotatable bonds is 20. The summed E-state index contributed by atoms with van der Waals surface area (Å²) in [6.45, 7) is 2.48. The summed E-state index contributed by atoms with van der Waals surface area (Å²) in [6.07, 6.45) is 2.12. The highest BCUT2D eigenvalue weighted by atomic mass is 19.1. The Labute approximate surface area is 500 Å². The number of anilines is 1. The van der Waals surface area contributed by atoms with E-state index in [-0.39, 0.29) is 68.9 Å². The van der Waals surface area contributed by atoms with E-state index in [4.69, 9.17) is 18.9 Å². The molecule has 2 N–H and O–H groups in total. The molecule has 8 amide bonds. The van der Waals surface area contributed by atoms with E-state index in [9.17, 15) is 47.1 Å². The molecule has 0 unspecified atom stereocenters. The van der Waals surface area contributed by atoms with Crippen LogP contribution >= 0.6 is 0 Å². The second kappa shape index (κ2) is 26.2. The Morgan fingerprint density at radius 2 is 1.28 bits per heavy atom. The zero-order valence-electron chi connectivity index (χ0n) is 49.5. The van der Waals surface area contributed by atoms with Crippen molar-refractivity contribution in [2.45, 2.75) is 38.3 Å². The molecule has 3 aliphatic rings. The number of likely N-dealkylation sites (N-methyl/N-ethyl adjacent to an activating group) is 5. The Bertz CT molecular complexity index is 3620. The number of benzene rings is 4. The average molecular weight is 1200 g/mol. The fourth-order valence-corrected chi connectivity index (χ4v) is 10.6. The van der Waals surface area contributed by atoms with Crippen molar-refractivity contribution < 1.29 is 66.1 Å². The van der Waals surface area contributed by atoms with Crippen molar-refractivity contribution in [1.29, 1.82) is 0 Å². The molecular formula is C62H67F2N11O12. The smallest absolute Gasteiger partial charge is 0.407 e. The molecule has 87 heavy (non-hydrogen) atoms. The minimum Gasteiger partial charge on any atom is -0.496 e. The third-order valence-electron chi connectivity index (χ3n) is 15.4. The number of fused-ring (bicyclic) bond motifs is 6. The van der Waals surface area contributed by atoms with Gasteiger partial charge in [0, 0.05) is 101 Å². The number of carbonyl (C=O) groups excluding carboxylic acids is 8. The number of methoxy groups -OCH3 is 1. The molecule has 2 aromatic heterocycles. The molecule has 1 fully saturated rings. The lowest BCUT2D eigenvalue weighted by atomic mass is 9.95. The first-order valence-corrected chi connectivity index (χ1v) is 27.9. The van der Waals surface area contributed by atoms with Crippen molar-refractivity contribution in [3.8, 4) is 50.7 Å². The molecule has 4 aromatic carbocycles. The summed E-state index contributed by atoms with van der Waals surface area (Å²) >= 11 is 0. The molecule has 0 bridgehead atoms. The van der Waals surface area contributed by atoms with Crippen molar-refractivity contribution in [1.82, 2.24) is 49.5 Å². The largest absolute Gasteiger partial charge is 0.496 e. The highest BCUT2D eigenvalue weighted by molar-refractivity contribution is 5.99. The van der Waals surface area contributed by atoms with Crippen LogP contribution in [0.2, 0.25) is 0 Å². The van der Waals surface area contributed by atoms with Crippen LogP contribution in [0.25, 0.3) is 39.2 Å². The Kier molecular flexibility index (Phi) is 18.6. The van der Waals surface area contributed by atoms with Crippen LogP contribution in [-0.2, 0) is 44.8 Å². The van der Waals surface area contributed by atoms with Gasteiger partial charge in [-0.2, -0.15) is 5.10 Å². The zero-order chi connectivity index (χ0) is 62.4. The lowest BCUT2D eigenvalue weighted by molar-refractivity contribution is -0.145. The molecule has 1 saturated heterocycles. The van der Waals surface area contributed by atoms with Crippen molar-refractivity contribution >= 4 is 53.1 Å². The molecule has 2 aliphatic heterocycles. The first-order chi connectivity index (χ1) is 41.5.